The SMILES string of the molecule is CC(=O)c1c(F)ccc([N+](=O)[O-])c1C#N. The summed E-state index contributed by atoms with van der Waals surface area (Å²) < 4.78 is 13.1. The third-order valence-corrected chi connectivity index (χ3v) is 1.79. The van der Waals surface area contributed by atoms with Gasteiger partial charge in [-0.05, 0) is 13.0 Å². The normalized spacial score (nSPS) is 9.40. The molecule has 0 saturated carbocycles. The van der Waals surface area contributed by atoms with E-state index in [4.69, 9.17) is 5.26 Å². The second-order valence-electron chi connectivity index (χ2n) is 2.74. The Morgan fingerprint density at radius 1 is 1.60 bits per heavy atom. The summed E-state index contributed by atoms with van der Waals surface area (Å²) in [5.41, 5.74) is -1.64. The molecule has 6 heteroatoms. The summed E-state index contributed by atoms with van der Waals surface area (Å²) in [6.45, 7) is 1.04. The molecule has 76 valence electrons. The number of Topliss-reactive ketones (excluding diaryl/α,β-unsaturated/α-hetero) is 1. The van der Waals surface area contributed by atoms with Crippen LogP contribution in [0.2, 0.25) is 0 Å². The zero-order valence-electron chi connectivity index (χ0n) is 7.65. The summed E-state index contributed by atoms with van der Waals surface area (Å²) in [6.07, 6.45) is 0. The molecule has 0 saturated heterocycles. The predicted molar refractivity (Wildman–Crippen MR) is 47.8 cm³/mol. The Labute approximate surface area is 83.9 Å². The van der Waals surface area contributed by atoms with Crippen molar-refractivity contribution in [3.8, 4) is 6.07 Å². The first kappa shape index (κ1) is 10.8. The zero-order chi connectivity index (χ0) is 11.6. The molecule has 15 heavy (non-hydrogen) atoms. The van der Waals surface area contributed by atoms with Crippen LogP contribution in [0.4, 0.5) is 10.1 Å². The molecule has 5 nitrogen and oxygen atoms in total. The lowest BCUT2D eigenvalue weighted by molar-refractivity contribution is -0.385. The van der Waals surface area contributed by atoms with Crippen LogP contribution >= 0.6 is 0 Å². The van der Waals surface area contributed by atoms with Crippen molar-refractivity contribution in [2.45, 2.75) is 6.92 Å². The first-order valence-electron chi connectivity index (χ1n) is 3.87. The number of nitrogens with zero attached hydrogens (tertiary/aromatic N) is 2. The fourth-order valence-electron chi connectivity index (χ4n) is 1.18. The van der Waals surface area contributed by atoms with Crippen LogP contribution in [0.25, 0.3) is 0 Å². The van der Waals surface area contributed by atoms with Gasteiger partial charge in [0, 0.05) is 6.07 Å². The fraction of sp³-hybridized carbons (Fsp3) is 0.111. The van der Waals surface area contributed by atoms with E-state index >= 15 is 0 Å². The number of halogens is 1. The molecule has 0 aromatic heterocycles. The van der Waals surface area contributed by atoms with E-state index in [1.54, 1.807) is 0 Å². The predicted octanol–water partition coefficient (Wildman–Crippen LogP) is 1.81. The zero-order valence-corrected chi connectivity index (χ0v) is 7.65. The van der Waals surface area contributed by atoms with Gasteiger partial charge >= 0.3 is 0 Å². The van der Waals surface area contributed by atoms with E-state index in [1.807, 2.05) is 0 Å². The molecular weight excluding hydrogens is 203 g/mol. The number of benzene rings is 1. The summed E-state index contributed by atoms with van der Waals surface area (Å²) >= 11 is 0. The number of hydrogen-bond donors (Lipinski definition) is 0. The van der Waals surface area contributed by atoms with Gasteiger partial charge in [0.15, 0.2) is 5.78 Å². The number of ketones is 1. The van der Waals surface area contributed by atoms with Crippen LogP contribution < -0.4 is 0 Å². The molecule has 0 heterocycles. The molecule has 0 spiro atoms. The second-order valence-corrected chi connectivity index (χ2v) is 2.74. The van der Waals surface area contributed by atoms with E-state index < -0.39 is 33.3 Å². The average Bonchev–Trinajstić information content (AvgIpc) is 2.15. The Balaban J connectivity index is 3.64. The van der Waals surface area contributed by atoms with Crippen molar-refractivity contribution in [1.82, 2.24) is 0 Å². The van der Waals surface area contributed by atoms with E-state index in [0.717, 1.165) is 19.1 Å². The molecule has 0 fully saturated rings. The monoisotopic (exact) mass is 208 g/mol. The molecule has 0 unspecified atom stereocenters. The van der Waals surface area contributed by atoms with Crippen LogP contribution in [-0.4, -0.2) is 10.7 Å². The number of nitro groups is 1. The summed E-state index contributed by atoms with van der Waals surface area (Å²) in [5, 5.41) is 19.1. The quantitative estimate of drug-likeness (QED) is 0.421. The highest BCUT2D eigenvalue weighted by molar-refractivity contribution is 5.98. The van der Waals surface area contributed by atoms with E-state index in [1.165, 1.54) is 6.07 Å². The minimum absolute atomic E-state index is 0.535. The van der Waals surface area contributed by atoms with Crippen LogP contribution in [-0.2, 0) is 0 Å². The van der Waals surface area contributed by atoms with Crippen LogP contribution in [0.1, 0.15) is 22.8 Å². The topological polar surface area (TPSA) is 84.0 Å². The molecule has 0 bridgehead atoms. The number of rotatable bonds is 2. The molecule has 0 atom stereocenters. The molecule has 1 aromatic rings. The molecule has 0 aliphatic carbocycles. The highest BCUT2D eigenvalue weighted by Gasteiger charge is 2.23. The van der Waals surface area contributed by atoms with Gasteiger partial charge in [0.2, 0.25) is 0 Å². The summed E-state index contributed by atoms with van der Waals surface area (Å²) in [6, 6.07) is 3.13. The molecule has 0 radical (unpaired) electrons. The molecule has 1 aromatic carbocycles. The molecule has 0 amide bonds. The van der Waals surface area contributed by atoms with Crippen LogP contribution in [0.3, 0.4) is 0 Å². The van der Waals surface area contributed by atoms with Gasteiger partial charge in [-0.2, -0.15) is 5.26 Å². The minimum atomic E-state index is -0.926. The molecular formula is C9H5FN2O3. The van der Waals surface area contributed by atoms with Crippen molar-refractivity contribution in [1.29, 1.82) is 5.26 Å². The Morgan fingerprint density at radius 3 is 2.60 bits per heavy atom. The lowest BCUT2D eigenvalue weighted by Gasteiger charge is -2.01. The molecule has 0 N–H and O–H groups in total. The van der Waals surface area contributed by atoms with Gasteiger partial charge in [-0.15, -0.1) is 0 Å². The third-order valence-electron chi connectivity index (χ3n) is 1.79. The average molecular weight is 208 g/mol. The van der Waals surface area contributed by atoms with E-state index in [2.05, 4.69) is 0 Å². The van der Waals surface area contributed by atoms with Gasteiger partial charge in [-0.1, -0.05) is 0 Å². The number of carbonyl (C=O) groups excluding carboxylic acids is 1. The standard InChI is InChI=1S/C9H5FN2O3/c1-5(13)9-6(4-11)8(12(14)15)3-2-7(9)10/h2-3H,1H3. The third kappa shape index (κ3) is 1.81. The van der Waals surface area contributed by atoms with Crippen molar-refractivity contribution in [2.24, 2.45) is 0 Å². The maximum atomic E-state index is 13.1. The van der Waals surface area contributed by atoms with E-state index in [9.17, 15) is 19.3 Å². The smallest absolute Gasteiger partial charge is 0.288 e. The van der Waals surface area contributed by atoms with E-state index in [-0.39, 0.29) is 0 Å². The van der Waals surface area contributed by atoms with Crippen molar-refractivity contribution in [2.75, 3.05) is 0 Å². The van der Waals surface area contributed by atoms with Gasteiger partial charge in [0.1, 0.15) is 17.4 Å². The first-order chi connectivity index (χ1) is 6.99. The maximum absolute atomic E-state index is 13.1. The maximum Gasteiger partial charge on any atom is 0.288 e. The Hall–Kier alpha value is -2.29. The number of hydrogen-bond acceptors (Lipinski definition) is 4. The van der Waals surface area contributed by atoms with Crippen LogP contribution in [0.15, 0.2) is 12.1 Å². The largest absolute Gasteiger partial charge is 0.294 e. The van der Waals surface area contributed by atoms with Gasteiger partial charge in [0.05, 0.1) is 10.5 Å². The number of carbonyl (C=O) groups is 1. The van der Waals surface area contributed by atoms with Crippen LogP contribution in [0.5, 0.6) is 0 Å². The summed E-state index contributed by atoms with van der Waals surface area (Å²) in [5.74, 6) is -1.64. The number of nitriles is 1. The second kappa shape index (κ2) is 3.84. The first-order valence-corrected chi connectivity index (χ1v) is 3.87. The molecule has 1 rings (SSSR count). The van der Waals surface area contributed by atoms with Gasteiger partial charge in [-0.25, -0.2) is 4.39 Å². The fourth-order valence-corrected chi connectivity index (χ4v) is 1.18. The highest BCUT2D eigenvalue weighted by atomic mass is 19.1. The van der Waals surface area contributed by atoms with Gasteiger partial charge in [0.25, 0.3) is 5.69 Å². The van der Waals surface area contributed by atoms with Crippen LogP contribution in [0, 0.1) is 27.3 Å². The van der Waals surface area contributed by atoms with Gasteiger partial charge in [-0.3, -0.25) is 14.9 Å². The van der Waals surface area contributed by atoms with Crippen molar-refractivity contribution in [3.63, 3.8) is 0 Å². The van der Waals surface area contributed by atoms with E-state index in [0.29, 0.717) is 0 Å². The summed E-state index contributed by atoms with van der Waals surface area (Å²) in [7, 11) is 0. The number of nitro benzene ring substituents is 1. The minimum Gasteiger partial charge on any atom is -0.294 e. The van der Waals surface area contributed by atoms with Crippen molar-refractivity contribution >= 4 is 11.5 Å². The van der Waals surface area contributed by atoms with Crippen molar-refractivity contribution < 1.29 is 14.1 Å². The van der Waals surface area contributed by atoms with Crippen molar-refractivity contribution in [3.05, 3.63) is 39.2 Å². The molecule has 0 aliphatic rings. The lowest BCUT2D eigenvalue weighted by Crippen LogP contribution is -2.04. The lowest BCUT2D eigenvalue weighted by atomic mass is 10.0. The highest BCUT2D eigenvalue weighted by Crippen LogP contribution is 2.24. The summed E-state index contributed by atoms with van der Waals surface area (Å²) in [4.78, 5) is 20.7. The Bertz CT molecular complexity index is 491. The molecule has 0 aliphatic heterocycles. The Morgan fingerprint density at radius 2 is 2.20 bits per heavy atom. The van der Waals surface area contributed by atoms with Gasteiger partial charge < -0.3 is 0 Å². The Kier molecular flexibility index (Phi) is 2.76.